The number of imide groups is 2. The van der Waals surface area contributed by atoms with E-state index >= 15 is 0 Å². The normalized spacial score (nSPS) is 19.9. The third-order valence-electron chi connectivity index (χ3n) is 11.2. The van der Waals surface area contributed by atoms with E-state index in [1.807, 2.05) is 55.5 Å². The lowest BCUT2D eigenvalue weighted by Crippen LogP contribution is -2.61. The van der Waals surface area contributed by atoms with E-state index < -0.39 is 18.5 Å². The molecule has 270 valence electrons. The van der Waals surface area contributed by atoms with E-state index in [2.05, 4.69) is 37.7 Å². The summed E-state index contributed by atoms with van der Waals surface area (Å²) in [7, 11) is 2.12. The molecule has 4 aliphatic heterocycles. The average Bonchev–Trinajstić information content (AvgIpc) is 3.16. The second-order valence-corrected chi connectivity index (χ2v) is 14.4. The van der Waals surface area contributed by atoms with Gasteiger partial charge in [0.1, 0.15) is 0 Å². The number of nitrogens with zero attached hydrogens (tertiary/aromatic N) is 5. The molecule has 0 bridgehead atoms. The molecule has 0 radical (unpaired) electrons. The number of carbonyl (C=O) groups is 4. The van der Waals surface area contributed by atoms with Gasteiger partial charge in [-0.25, -0.2) is 0 Å². The van der Waals surface area contributed by atoms with Crippen molar-refractivity contribution in [3.8, 4) is 0 Å². The Hall–Kier alpha value is -4.88. The van der Waals surface area contributed by atoms with E-state index in [4.69, 9.17) is 0 Å². The quantitative estimate of drug-likeness (QED) is 0.176. The molecular formula is C40H46N8O4. The van der Waals surface area contributed by atoms with Gasteiger partial charge < -0.3 is 20.0 Å². The summed E-state index contributed by atoms with van der Waals surface area (Å²) in [5.74, 6) is -1.42. The highest BCUT2D eigenvalue weighted by molar-refractivity contribution is 6.28. The largest absolute Gasteiger partial charge is 0.368 e. The molecule has 3 atom stereocenters. The predicted octanol–water partition coefficient (Wildman–Crippen LogP) is 3.65. The molecule has 52 heavy (non-hydrogen) atoms. The highest BCUT2D eigenvalue weighted by Gasteiger charge is 2.40. The number of benzene rings is 4. The van der Waals surface area contributed by atoms with Crippen LogP contribution in [0.15, 0.2) is 60.7 Å². The van der Waals surface area contributed by atoms with Crippen LogP contribution in [0.3, 0.4) is 0 Å². The molecule has 0 saturated carbocycles. The summed E-state index contributed by atoms with van der Waals surface area (Å²) in [5, 5.41) is 13.4. The van der Waals surface area contributed by atoms with E-state index in [1.54, 1.807) is 26.0 Å². The number of amides is 4. The third kappa shape index (κ3) is 5.61. The first-order chi connectivity index (χ1) is 25.2. The van der Waals surface area contributed by atoms with Crippen LogP contribution in [0.5, 0.6) is 0 Å². The smallest absolute Gasteiger partial charge is 0.262 e. The Balaban J connectivity index is 1.01. The molecular weight excluding hydrogens is 656 g/mol. The summed E-state index contributed by atoms with van der Waals surface area (Å²) in [6, 6.07) is 19.0. The minimum atomic E-state index is -0.684. The van der Waals surface area contributed by atoms with Crippen molar-refractivity contribution in [2.24, 2.45) is 0 Å². The number of likely N-dealkylation sites (N-methyl/N-ethyl adjacent to an activating group) is 1. The molecule has 4 aromatic carbocycles. The lowest BCUT2D eigenvalue weighted by atomic mass is 9.92. The van der Waals surface area contributed by atoms with Gasteiger partial charge in [-0.05, 0) is 63.7 Å². The van der Waals surface area contributed by atoms with Crippen molar-refractivity contribution in [3.63, 3.8) is 0 Å². The van der Waals surface area contributed by atoms with Crippen molar-refractivity contribution in [2.45, 2.75) is 45.7 Å². The molecule has 0 aromatic heterocycles. The molecule has 0 aliphatic carbocycles. The molecule has 4 aromatic rings. The Morgan fingerprint density at radius 3 is 1.46 bits per heavy atom. The van der Waals surface area contributed by atoms with E-state index in [0.29, 0.717) is 39.4 Å². The molecule has 0 spiro atoms. The number of carbonyl (C=O) groups excluding carboxylic acids is 4. The molecule has 8 rings (SSSR count). The Labute approximate surface area is 303 Å². The number of hydrogen-bond donors (Lipinski definition) is 3. The Bertz CT molecular complexity index is 2060. The van der Waals surface area contributed by atoms with Crippen LogP contribution < -0.4 is 25.8 Å². The van der Waals surface area contributed by atoms with Gasteiger partial charge in [-0.15, -0.1) is 0 Å². The minimum absolute atomic E-state index is 0.354. The maximum Gasteiger partial charge on any atom is 0.262 e. The summed E-state index contributed by atoms with van der Waals surface area (Å²) in [6.07, 6.45) is -1.25. The molecule has 4 aliphatic rings. The molecule has 2 saturated heterocycles. The zero-order valence-electron chi connectivity index (χ0n) is 30.2. The average molecular weight is 703 g/mol. The van der Waals surface area contributed by atoms with E-state index in [0.717, 1.165) is 74.5 Å². The first-order valence-corrected chi connectivity index (χ1v) is 18.5. The van der Waals surface area contributed by atoms with Crippen molar-refractivity contribution in [3.05, 3.63) is 82.9 Å². The standard InChI is InChI=1S/C40H46N8O4/c1-5-34(42-24(2)47-37(49)28-10-6-8-26-32(45-18-16-41-17-19-45)14-12-30(35(26)28)39(47)51)43-25(3)48-38(50)29-11-7-9-27-33(46-22-20-44(4)21-23-46)15-13-31(36(27)29)40(48)52/h6-15,24-25,34,41-43H,5,16-23H2,1-4H3. The van der Waals surface area contributed by atoms with E-state index in [9.17, 15) is 19.2 Å². The fourth-order valence-corrected chi connectivity index (χ4v) is 8.42. The molecule has 4 heterocycles. The van der Waals surface area contributed by atoms with Crippen LogP contribution in [0.2, 0.25) is 0 Å². The Morgan fingerprint density at radius 2 is 1.02 bits per heavy atom. The van der Waals surface area contributed by atoms with Crippen LogP contribution in [0.1, 0.15) is 68.6 Å². The fourth-order valence-electron chi connectivity index (χ4n) is 8.42. The lowest BCUT2D eigenvalue weighted by Gasteiger charge is -2.38. The maximum atomic E-state index is 14.1. The third-order valence-corrected chi connectivity index (χ3v) is 11.2. The highest BCUT2D eigenvalue weighted by atomic mass is 16.2. The summed E-state index contributed by atoms with van der Waals surface area (Å²) in [5.41, 5.74) is 4.08. The van der Waals surface area contributed by atoms with Crippen molar-refractivity contribution in [1.29, 1.82) is 0 Å². The minimum Gasteiger partial charge on any atom is -0.368 e. The summed E-state index contributed by atoms with van der Waals surface area (Å²) < 4.78 is 0. The number of anilines is 2. The van der Waals surface area contributed by atoms with Gasteiger partial charge in [0, 0.05) is 108 Å². The summed E-state index contributed by atoms with van der Waals surface area (Å²) >= 11 is 0. The SMILES string of the molecule is CCC(NC(C)N1C(=O)c2cccc3c(N4CCNCC4)ccc(c23)C1=O)NC(C)N1C(=O)c2cccc3c(N4CCN(C)CC4)ccc(c23)C1=O. The second kappa shape index (κ2) is 13.6. The molecule has 3 N–H and O–H groups in total. The van der Waals surface area contributed by atoms with E-state index in [1.165, 1.54) is 9.80 Å². The van der Waals surface area contributed by atoms with Crippen LogP contribution in [-0.4, -0.2) is 116 Å². The molecule has 2 fully saturated rings. The van der Waals surface area contributed by atoms with Crippen molar-refractivity contribution in [1.82, 2.24) is 30.7 Å². The van der Waals surface area contributed by atoms with E-state index in [-0.39, 0.29) is 23.6 Å². The van der Waals surface area contributed by atoms with Gasteiger partial charge in [0.2, 0.25) is 0 Å². The van der Waals surface area contributed by atoms with Gasteiger partial charge in [0.25, 0.3) is 23.6 Å². The monoisotopic (exact) mass is 702 g/mol. The number of rotatable bonds is 9. The number of piperazine rings is 2. The van der Waals surface area contributed by atoms with Gasteiger partial charge >= 0.3 is 0 Å². The molecule has 3 unspecified atom stereocenters. The van der Waals surface area contributed by atoms with Crippen molar-refractivity contribution in [2.75, 3.05) is 69.2 Å². The fraction of sp³-hybridized carbons (Fsp3) is 0.400. The lowest BCUT2D eigenvalue weighted by molar-refractivity contribution is 0.0473. The van der Waals surface area contributed by atoms with Crippen LogP contribution >= 0.6 is 0 Å². The van der Waals surface area contributed by atoms with Crippen LogP contribution in [-0.2, 0) is 0 Å². The van der Waals surface area contributed by atoms with Crippen LogP contribution in [0.4, 0.5) is 11.4 Å². The van der Waals surface area contributed by atoms with Gasteiger partial charge in [-0.3, -0.25) is 39.6 Å². The Kier molecular flexibility index (Phi) is 8.94. The topological polar surface area (TPSA) is 121 Å². The zero-order valence-corrected chi connectivity index (χ0v) is 30.2. The van der Waals surface area contributed by atoms with Gasteiger partial charge in [0.15, 0.2) is 0 Å². The van der Waals surface area contributed by atoms with Crippen LogP contribution in [0, 0.1) is 0 Å². The number of hydrogen-bond acceptors (Lipinski definition) is 10. The summed E-state index contributed by atoms with van der Waals surface area (Å²) in [6.45, 7) is 12.7. The first kappa shape index (κ1) is 34.2. The zero-order chi connectivity index (χ0) is 36.3. The predicted molar refractivity (Wildman–Crippen MR) is 203 cm³/mol. The molecule has 4 amide bonds. The van der Waals surface area contributed by atoms with Gasteiger partial charge in [-0.2, -0.15) is 0 Å². The molecule has 12 heteroatoms. The molecule has 12 nitrogen and oxygen atoms in total. The van der Waals surface area contributed by atoms with Gasteiger partial charge in [0.05, 0.1) is 18.5 Å². The maximum absolute atomic E-state index is 14.1. The van der Waals surface area contributed by atoms with Crippen molar-refractivity contribution < 1.29 is 19.2 Å². The number of nitrogens with one attached hydrogen (secondary N) is 3. The first-order valence-electron chi connectivity index (χ1n) is 18.5. The van der Waals surface area contributed by atoms with Crippen LogP contribution in [0.25, 0.3) is 21.5 Å². The highest BCUT2D eigenvalue weighted by Crippen LogP contribution is 2.38. The van der Waals surface area contributed by atoms with Gasteiger partial charge in [-0.1, -0.05) is 31.2 Å². The second-order valence-electron chi connectivity index (χ2n) is 14.4. The summed E-state index contributed by atoms with van der Waals surface area (Å²) in [4.78, 5) is 65.7. The van der Waals surface area contributed by atoms with Crippen molar-refractivity contribution >= 4 is 56.5 Å². The Morgan fingerprint density at radius 1 is 0.596 bits per heavy atom.